The Morgan fingerprint density at radius 3 is 2.35 bits per heavy atom. The summed E-state index contributed by atoms with van der Waals surface area (Å²) in [7, 11) is 0. The summed E-state index contributed by atoms with van der Waals surface area (Å²) in [5.74, 6) is 0.383. The van der Waals surface area contributed by atoms with Crippen molar-refractivity contribution in [3.05, 3.63) is 65.7 Å². The molecule has 1 saturated heterocycles. The van der Waals surface area contributed by atoms with Crippen molar-refractivity contribution in [2.45, 2.75) is 12.8 Å². The summed E-state index contributed by atoms with van der Waals surface area (Å²) in [5.41, 5.74) is 1.15. The molecule has 1 aliphatic rings. The summed E-state index contributed by atoms with van der Waals surface area (Å²) < 4.78 is 5.50. The second-order valence-electron chi connectivity index (χ2n) is 6.33. The molecule has 0 radical (unpaired) electrons. The lowest BCUT2D eigenvalue weighted by molar-refractivity contribution is -0.134. The first-order chi connectivity index (χ1) is 12.7. The van der Waals surface area contributed by atoms with Crippen LogP contribution in [0.3, 0.4) is 0 Å². The molecule has 2 aromatic rings. The van der Waals surface area contributed by atoms with E-state index in [1.165, 1.54) is 0 Å². The molecule has 1 fully saturated rings. The minimum absolute atomic E-state index is 0.0434. The predicted octanol–water partition coefficient (Wildman–Crippen LogP) is 3.00. The summed E-state index contributed by atoms with van der Waals surface area (Å²) in [6.45, 7) is 0.976. The number of amides is 1. The van der Waals surface area contributed by atoms with Gasteiger partial charge in [0, 0.05) is 24.6 Å². The van der Waals surface area contributed by atoms with Gasteiger partial charge in [-0.05, 0) is 25.0 Å². The van der Waals surface area contributed by atoms with Crippen LogP contribution in [0.4, 0.5) is 0 Å². The Morgan fingerprint density at radius 2 is 1.65 bits per heavy atom. The second kappa shape index (κ2) is 8.43. The van der Waals surface area contributed by atoms with Gasteiger partial charge in [-0.15, -0.1) is 0 Å². The number of hydrogen-bond acceptors (Lipinski definition) is 4. The summed E-state index contributed by atoms with van der Waals surface area (Å²) >= 11 is 0. The fourth-order valence-electron chi connectivity index (χ4n) is 3.17. The van der Waals surface area contributed by atoms with Crippen LogP contribution in [0.5, 0.6) is 5.75 Å². The van der Waals surface area contributed by atoms with Crippen LogP contribution in [0.25, 0.3) is 0 Å². The van der Waals surface area contributed by atoms with Gasteiger partial charge >= 0.3 is 0 Å². The minimum Gasteiger partial charge on any atom is -0.483 e. The Morgan fingerprint density at radius 1 is 1.00 bits per heavy atom. The molecule has 5 nitrogen and oxygen atoms in total. The number of carbonyl (C=O) groups is 3. The number of ketones is 1. The predicted molar refractivity (Wildman–Crippen MR) is 97.4 cm³/mol. The fraction of sp³-hybridized carbons (Fsp3) is 0.286. The van der Waals surface area contributed by atoms with Gasteiger partial charge in [0.05, 0.1) is 5.56 Å². The van der Waals surface area contributed by atoms with Crippen molar-refractivity contribution in [2.75, 3.05) is 19.7 Å². The third-order valence-corrected chi connectivity index (χ3v) is 4.67. The maximum absolute atomic E-state index is 12.5. The van der Waals surface area contributed by atoms with Gasteiger partial charge in [0.2, 0.25) is 0 Å². The number of ether oxygens (including phenoxy) is 1. The van der Waals surface area contributed by atoms with Crippen molar-refractivity contribution < 1.29 is 19.1 Å². The van der Waals surface area contributed by atoms with Crippen LogP contribution in [0.2, 0.25) is 0 Å². The van der Waals surface area contributed by atoms with Gasteiger partial charge in [0.15, 0.2) is 18.7 Å². The van der Waals surface area contributed by atoms with Crippen LogP contribution < -0.4 is 4.74 Å². The molecular formula is C21H21NO4. The van der Waals surface area contributed by atoms with Gasteiger partial charge in [-0.3, -0.25) is 14.4 Å². The Balaban J connectivity index is 1.51. The molecule has 0 saturated carbocycles. The zero-order valence-corrected chi connectivity index (χ0v) is 14.5. The summed E-state index contributed by atoms with van der Waals surface area (Å²) in [4.78, 5) is 37.5. The Kier molecular flexibility index (Phi) is 5.79. The standard InChI is InChI=1S/C21H21NO4/c23-14-18-8-4-5-9-19(18)26-15-20(24)22-12-10-17(11-13-22)21(25)16-6-2-1-3-7-16/h1-9,14,17H,10-13,15H2. The van der Waals surface area contributed by atoms with Crippen molar-refractivity contribution >= 4 is 18.0 Å². The third kappa shape index (κ3) is 4.17. The van der Waals surface area contributed by atoms with Crippen molar-refractivity contribution in [3.63, 3.8) is 0 Å². The van der Waals surface area contributed by atoms with Crippen LogP contribution >= 0.6 is 0 Å². The van der Waals surface area contributed by atoms with E-state index in [-0.39, 0.29) is 24.2 Å². The third-order valence-electron chi connectivity index (χ3n) is 4.67. The molecule has 0 aromatic heterocycles. The molecule has 2 aromatic carbocycles. The van der Waals surface area contributed by atoms with Gasteiger partial charge in [-0.2, -0.15) is 0 Å². The fourth-order valence-corrected chi connectivity index (χ4v) is 3.17. The molecule has 26 heavy (non-hydrogen) atoms. The van der Waals surface area contributed by atoms with Crippen LogP contribution in [-0.2, 0) is 4.79 Å². The zero-order valence-electron chi connectivity index (χ0n) is 14.5. The molecule has 134 valence electrons. The number of likely N-dealkylation sites (tertiary alicyclic amines) is 1. The van der Waals surface area contributed by atoms with Crippen LogP contribution in [0.15, 0.2) is 54.6 Å². The van der Waals surface area contributed by atoms with Gasteiger partial charge < -0.3 is 9.64 Å². The highest BCUT2D eigenvalue weighted by Gasteiger charge is 2.28. The number of hydrogen-bond donors (Lipinski definition) is 0. The smallest absolute Gasteiger partial charge is 0.260 e. The lowest BCUT2D eigenvalue weighted by Gasteiger charge is -2.31. The Labute approximate surface area is 152 Å². The zero-order chi connectivity index (χ0) is 18.4. The number of carbonyl (C=O) groups excluding carboxylic acids is 3. The highest BCUT2D eigenvalue weighted by atomic mass is 16.5. The van der Waals surface area contributed by atoms with Gasteiger partial charge in [-0.1, -0.05) is 42.5 Å². The van der Waals surface area contributed by atoms with E-state index in [9.17, 15) is 14.4 Å². The van der Waals surface area contributed by atoms with Crippen molar-refractivity contribution in [1.82, 2.24) is 4.90 Å². The molecule has 3 rings (SSSR count). The summed E-state index contributed by atoms with van der Waals surface area (Å²) in [6, 6.07) is 16.1. The quantitative estimate of drug-likeness (QED) is 0.593. The number of nitrogens with zero attached hydrogens (tertiary/aromatic N) is 1. The monoisotopic (exact) mass is 351 g/mol. The number of Topliss-reactive ketones (excluding diaryl/α,β-unsaturated/α-hetero) is 1. The first-order valence-electron chi connectivity index (χ1n) is 8.73. The number of aldehydes is 1. The molecule has 0 unspecified atom stereocenters. The first-order valence-corrected chi connectivity index (χ1v) is 8.73. The summed E-state index contributed by atoms with van der Waals surface area (Å²) in [6.07, 6.45) is 2.02. The number of rotatable bonds is 6. The average molecular weight is 351 g/mol. The summed E-state index contributed by atoms with van der Waals surface area (Å²) in [5, 5.41) is 0. The van der Waals surface area contributed by atoms with Crippen molar-refractivity contribution in [2.24, 2.45) is 5.92 Å². The lowest BCUT2D eigenvalue weighted by Crippen LogP contribution is -2.42. The molecular weight excluding hydrogens is 330 g/mol. The number of para-hydroxylation sites is 1. The Hall–Kier alpha value is -2.95. The molecule has 5 heteroatoms. The highest BCUT2D eigenvalue weighted by molar-refractivity contribution is 5.98. The SMILES string of the molecule is O=Cc1ccccc1OCC(=O)N1CCC(C(=O)c2ccccc2)CC1. The van der Waals surface area contributed by atoms with Gasteiger partial charge in [0.1, 0.15) is 5.75 Å². The molecule has 1 amide bonds. The molecule has 0 N–H and O–H groups in total. The molecule has 0 atom stereocenters. The van der Waals surface area contributed by atoms with E-state index in [1.54, 1.807) is 29.2 Å². The van der Waals surface area contributed by atoms with E-state index in [0.717, 1.165) is 5.56 Å². The van der Waals surface area contributed by atoms with Gasteiger partial charge in [0.25, 0.3) is 5.91 Å². The maximum atomic E-state index is 12.5. The van der Waals surface area contributed by atoms with E-state index >= 15 is 0 Å². The highest BCUT2D eigenvalue weighted by Crippen LogP contribution is 2.22. The van der Waals surface area contributed by atoms with Crippen LogP contribution in [-0.4, -0.2) is 42.6 Å². The molecule has 0 spiro atoms. The van der Waals surface area contributed by atoms with Crippen LogP contribution in [0, 0.1) is 5.92 Å². The van der Waals surface area contributed by atoms with Gasteiger partial charge in [-0.25, -0.2) is 0 Å². The first kappa shape index (κ1) is 17.9. The largest absolute Gasteiger partial charge is 0.483 e. The van der Waals surface area contributed by atoms with E-state index in [4.69, 9.17) is 4.74 Å². The number of piperidine rings is 1. The van der Waals surface area contributed by atoms with E-state index in [0.29, 0.717) is 43.5 Å². The second-order valence-corrected chi connectivity index (χ2v) is 6.33. The van der Waals surface area contributed by atoms with Crippen molar-refractivity contribution in [3.8, 4) is 5.75 Å². The maximum Gasteiger partial charge on any atom is 0.260 e. The lowest BCUT2D eigenvalue weighted by atomic mass is 9.89. The van der Waals surface area contributed by atoms with E-state index in [2.05, 4.69) is 0 Å². The van der Waals surface area contributed by atoms with E-state index in [1.807, 2.05) is 30.3 Å². The molecule has 1 aliphatic heterocycles. The molecule has 0 bridgehead atoms. The average Bonchev–Trinajstić information content (AvgIpc) is 2.72. The minimum atomic E-state index is -0.128. The topological polar surface area (TPSA) is 63.7 Å². The Bertz CT molecular complexity index is 780. The van der Waals surface area contributed by atoms with Crippen molar-refractivity contribution in [1.29, 1.82) is 0 Å². The van der Waals surface area contributed by atoms with Crippen LogP contribution in [0.1, 0.15) is 33.6 Å². The molecule has 0 aliphatic carbocycles. The van der Waals surface area contributed by atoms with E-state index < -0.39 is 0 Å². The number of benzene rings is 2. The normalized spacial score (nSPS) is 14.7. The molecule has 1 heterocycles.